The van der Waals surface area contributed by atoms with Crippen LogP contribution in [0.5, 0.6) is 0 Å². The lowest BCUT2D eigenvalue weighted by Gasteiger charge is -2.04. The first kappa shape index (κ1) is 16.3. The van der Waals surface area contributed by atoms with Crippen LogP contribution in [0.2, 0.25) is 0 Å². The zero-order valence-electron chi connectivity index (χ0n) is 11.4. The summed E-state index contributed by atoms with van der Waals surface area (Å²) >= 11 is 0. The van der Waals surface area contributed by atoms with Crippen molar-refractivity contribution >= 4 is 17.3 Å². The number of nitro groups is 2. The number of nitro benzene ring substituents is 2. The van der Waals surface area contributed by atoms with E-state index >= 15 is 0 Å². The molecule has 0 saturated carbocycles. The molecule has 8 nitrogen and oxygen atoms in total. The molecule has 0 aliphatic rings. The van der Waals surface area contributed by atoms with Gasteiger partial charge in [0.05, 0.1) is 22.5 Å². The van der Waals surface area contributed by atoms with E-state index in [0.717, 1.165) is 6.07 Å². The second-order valence-corrected chi connectivity index (χ2v) is 4.39. The molecule has 0 N–H and O–H groups in total. The quantitative estimate of drug-likeness (QED) is 0.251. The van der Waals surface area contributed by atoms with Gasteiger partial charge < -0.3 is 4.74 Å². The van der Waals surface area contributed by atoms with Crippen LogP contribution in [0.3, 0.4) is 0 Å². The summed E-state index contributed by atoms with van der Waals surface area (Å²) < 4.78 is 4.87. The van der Waals surface area contributed by atoms with Crippen molar-refractivity contribution in [1.82, 2.24) is 0 Å². The van der Waals surface area contributed by atoms with Gasteiger partial charge in [0.1, 0.15) is 0 Å². The first-order chi connectivity index (χ1) is 9.81. The van der Waals surface area contributed by atoms with Crippen molar-refractivity contribution in [2.45, 2.75) is 19.8 Å². The maximum absolute atomic E-state index is 11.1. The fraction of sp³-hybridized carbons (Fsp3) is 0.308. The molecule has 0 aliphatic carbocycles. The lowest BCUT2D eigenvalue weighted by atomic mass is 10.1. The van der Waals surface area contributed by atoms with Crippen molar-refractivity contribution in [2.75, 3.05) is 6.61 Å². The van der Waals surface area contributed by atoms with E-state index in [2.05, 4.69) is 6.58 Å². The summed E-state index contributed by atoms with van der Waals surface area (Å²) in [7, 11) is 0. The van der Waals surface area contributed by atoms with Crippen molar-refractivity contribution < 1.29 is 19.4 Å². The number of carbonyl (C=O) groups excluding carboxylic acids is 1. The Morgan fingerprint density at radius 1 is 1.19 bits per heavy atom. The predicted octanol–water partition coefficient (Wildman–Crippen LogP) is 2.55. The van der Waals surface area contributed by atoms with Gasteiger partial charge in [-0.05, 0) is 25.3 Å². The Morgan fingerprint density at radius 3 is 2.14 bits per heavy atom. The Morgan fingerprint density at radius 2 is 1.71 bits per heavy atom. The highest BCUT2D eigenvalue weighted by molar-refractivity contribution is 5.86. The molecule has 1 rings (SSSR count). The molecule has 0 amide bonds. The molecular formula is C13H14N2O6. The van der Waals surface area contributed by atoms with Crippen LogP contribution in [0.1, 0.15) is 18.9 Å². The number of benzene rings is 1. The molecule has 0 spiro atoms. The fourth-order valence-electron chi connectivity index (χ4n) is 1.58. The van der Waals surface area contributed by atoms with Crippen LogP contribution < -0.4 is 0 Å². The van der Waals surface area contributed by atoms with Gasteiger partial charge >= 0.3 is 5.97 Å². The maximum atomic E-state index is 11.1. The van der Waals surface area contributed by atoms with Crippen LogP contribution in [0.15, 0.2) is 30.4 Å². The molecule has 21 heavy (non-hydrogen) atoms. The van der Waals surface area contributed by atoms with Crippen LogP contribution >= 0.6 is 0 Å². The SMILES string of the molecule is C=C(C)C(=O)OCCCc1cc([N+](=O)[O-])cc([N+](=O)[O-])c1. The van der Waals surface area contributed by atoms with E-state index in [1.165, 1.54) is 19.1 Å². The summed E-state index contributed by atoms with van der Waals surface area (Å²) in [5.41, 5.74) is 0.0551. The Kier molecular flexibility index (Phi) is 5.53. The number of non-ortho nitro benzene ring substituents is 2. The molecule has 0 fully saturated rings. The Bertz CT molecular complexity index is 564. The van der Waals surface area contributed by atoms with Crippen molar-refractivity contribution in [3.63, 3.8) is 0 Å². The molecule has 0 aliphatic heterocycles. The van der Waals surface area contributed by atoms with Crippen LogP contribution in [0.4, 0.5) is 11.4 Å². The van der Waals surface area contributed by atoms with Gasteiger partial charge in [-0.15, -0.1) is 0 Å². The monoisotopic (exact) mass is 294 g/mol. The van der Waals surface area contributed by atoms with Crippen LogP contribution in [0, 0.1) is 20.2 Å². The molecule has 8 heteroatoms. The van der Waals surface area contributed by atoms with E-state index in [1.807, 2.05) is 0 Å². The number of hydrogen-bond acceptors (Lipinski definition) is 6. The van der Waals surface area contributed by atoms with E-state index < -0.39 is 15.8 Å². The number of nitrogens with zero attached hydrogens (tertiary/aromatic N) is 2. The van der Waals surface area contributed by atoms with Gasteiger partial charge in [-0.2, -0.15) is 0 Å². The van der Waals surface area contributed by atoms with Gasteiger partial charge in [0, 0.05) is 17.7 Å². The molecule has 0 radical (unpaired) electrons. The third-order valence-corrected chi connectivity index (χ3v) is 2.58. The van der Waals surface area contributed by atoms with Gasteiger partial charge in [0.15, 0.2) is 0 Å². The summed E-state index contributed by atoms with van der Waals surface area (Å²) in [5, 5.41) is 21.5. The van der Waals surface area contributed by atoms with Gasteiger partial charge in [-0.3, -0.25) is 20.2 Å². The van der Waals surface area contributed by atoms with Crippen molar-refractivity contribution in [2.24, 2.45) is 0 Å². The Hall–Kier alpha value is -2.77. The number of carbonyl (C=O) groups is 1. The molecule has 0 atom stereocenters. The van der Waals surface area contributed by atoms with Crippen molar-refractivity contribution in [1.29, 1.82) is 0 Å². The largest absolute Gasteiger partial charge is 0.462 e. The van der Waals surface area contributed by atoms with Crippen LogP contribution in [0.25, 0.3) is 0 Å². The smallest absolute Gasteiger partial charge is 0.333 e. The minimum atomic E-state index is -0.683. The average molecular weight is 294 g/mol. The highest BCUT2D eigenvalue weighted by atomic mass is 16.6. The third-order valence-electron chi connectivity index (χ3n) is 2.58. The standard InChI is InChI=1S/C13H14N2O6/c1-9(2)13(16)21-5-3-4-10-6-11(14(17)18)8-12(7-10)15(19)20/h6-8H,1,3-5H2,2H3. The zero-order chi connectivity index (χ0) is 16.0. The first-order valence-electron chi connectivity index (χ1n) is 6.06. The van der Waals surface area contributed by atoms with Crippen LogP contribution in [-0.4, -0.2) is 22.4 Å². The molecule has 0 saturated heterocycles. The van der Waals surface area contributed by atoms with Gasteiger partial charge in [-0.25, -0.2) is 4.79 Å². The Labute approximate surface area is 120 Å². The van der Waals surface area contributed by atoms with E-state index in [9.17, 15) is 25.0 Å². The molecule has 0 aromatic heterocycles. The predicted molar refractivity (Wildman–Crippen MR) is 73.8 cm³/mol. The second kappa shape index (κ2) is 7.13. The van der Waals surface area contributed by atoms with Gasteiger partial charge in [0.2, 0.25) is 0 Å². The number of esters is 1. The third kappa shape index (κ3) is 5.01. The number of ether oxygens (including phenoxy) is 1. The summed E-state index contributed by atoms with van der Waals surface area (Å²) in [4.78, 5) is 31.2. The minimum Gasteiger partial charge on any atom is -0.462 e. The summed E-state index contributed by atoms with van der Waals surface area (Å²) in [6.07, 6.45) is 0.726. The summed E-state index contributed by atoms with van der Waals surface area (Å²) in [6.45, 7) is 5.06. The number of hydrogen-bond donors (Lipinski definition) is 0. The van der Waals surface area contributed by atoms with Crippen molar-refractivity contribution in [3.8, 4) is 0 Å². The lowest BCUT2D eigenvalue weighted by molar-refractivity contribution is -0.394. The van der Waals surface area contributed by atoms with Gasteiger partial charge in [-0.1, -0.05) is 6.58 Å². The summed E-state index contributed by atoms with van der Waals surface area (Å²) in [5.74, 6) is -0.514. The molecule has 1 aromatic carbocycles. The molecule has 0 bridgehead atoms. The van der Waals surface area contributed by atoms with Crippen molar-refractivity contribution in [3.05, 3.63) is 56.1 Å². The van der Waals surface area contributed by atoms with E-state index in [0.29, 0.717) is 18.4 Å². The molecule has 0 heterocycles. The fourth-order valence-corrected chi connectivity index (χ4v) is 1.58. The molecular weight excluding hydrogens is 280 g/mol. The molecule has 1 aromatic rings. The van der Waals surface area contributed by atoms with E-state index in [4.69, 9.17) is 4.74 Å². The number of aryl methyl sites for hydroxylation is 1. The normalized spacial score (nSPS) is 9.95. The topological polar surface area (TPSA) is 113 Å². The number of rotatable bonds is 7. The van der Waals surface area contributed by atoms with E-state index in [1.54, 1.807) is 0 Å². The second-order valence-electron chi connectivity index (χ2n) is 4.39. The minimum absolute atomic E-state index is 0.113. The highest BCUT2D eigenvalue weighted by Crippen LogP contribution is 2.23. The maximum Gasteiger partial charge on any atom is 0.333 e. The Balaban J connectivity index is 2.70. The highest BCUT2D eigenvalue weighted by Gasteiger charge is 2.16. The summed E-state index contributed by atoms with van der Waals surface area (Å²) in [6, 6.07) is 3.45. The zero-order valence-corrected chi connectivity index (χ0v) is 11.4. The average Bonchev–Trinajstić information content (AvgIpc) is 2.42. The molecule has 112 valence electrons. The van der Waals surface area contributed by atoms with Gasteiger partial charge in [0.25, 0.3) is 11.4 Å². The van der Waals surface area contributed by atoms with E-state index in [-0.39, 0.29) is 23.6 Å². The molecule has 0 unspecified atom stereocenters. The van der Waals surface area contributed by atoms with Crippen LogP contribution in [-0.2, 0) is 16.0 Å². The first-order valence-corrected chi connectivity index (χ1v) is 6.06. The lowest BCUT2D eigenvalue weighted by Crippen LogP contribution is -2.07.